The third-order valence-electron chi connectivity index (χ3n) is 4.63. The number of hydrogen-bond donors (Lipinski definition) is 0. The van der Waals surface area contributed by atoms with Crippen LogP contribution in [0.5, 0.6) is 5.75 Å². The molecule has 0 spiro atoms. The molecule has 1 aliphatic rings. The summed E-state index contributed by atoms with van der Waals surface area (Å²) in [5.74, 6) is 0.785. The van der Waals surface area contributed by atoms with E-state index in [1.165, 1.54) is 0 Å². The van der Waals surface area contributed by atoms with Crippen molar-refractivity contribution in [2.75, 3.05) is 20.2 Å². The molecule has 0 bridgehead atoms. The van der Waals surface area contributed by atoms with Crippen molar-refractivity contribution in [2.24, 2.45) is 5.92 Å². The van der Waals surface area contributed by atoms with Crippen LogP contribution in [0.3, 0.4) is 0 Å². The summed E-state index contributed by atoms with van der Waals surface area (Å²) < 4.78 is 5.12. The minimum atomic E-state index is -0.0564. The van der Waals surface area contributed by atoms with Crippen LogP contribution in [0.1, 0.15) is 39.4 Å². The summed E-state index contributed by atoms with van der Waals surface area (Å²) in [6, 6.07) is 12.7. The van der Waals surface area contributed by atoms with Crippen LogP contribution in [0.4, 0.5) is 0 Å². The van der Waals surface area contributed by atoms with E-state index >= 15 is 0 Å². The zero-order chi connectivity index (χ0) is 17.8. The molecular formula is C20H22N2O3. The third-order valence-corrected chi connectivity index (χ3v) is 4.63. The van der Waals surface area contributed by atoms with Gasteiger partial charge in [-0.05, 0) is 56.2 Å². The van der Waals surface area contributed by atoms with Gasteiger partial charge in [0.05, 0.1) is 7.11 Å². The molecule has 5 heteroatoms. The maximum absolute atomic E-state index is 12.6. The second-order valence-electron chi connectivity index (χ2n) is 6.32. The smallest absolute Gasteiger partial charge is 0.272 e. The number of carbonyl (C=O) groups is 2. The Morgan fingerprint density at radius 3 is 2.36 bits per heavy atom. The minimum absolute atomic E-state index is 0.0390. The van der Waals surface area contributed by atoms with Gasteiger partial charge in [-0.25, -0.2) is 4.98 Å². The lowest BCUT2D eigenvalue weighted by Crippen LogP contribution is -2.40. The summed E-state index contributed by atoms with van der Waals surface area (Å²) in [5.41, 5.74) is 2.00. The second kappa shape index (κ2) is 7.47. The highest BCUT2D eigenvalue weighted by Gasteiger charge is 2.28. The van der Waals surface area contributed by atoms with Gasteiger partial charge in [0.25, 0.3) is 5.91 Å². The molecular weight excluding hydrogens is 316 g/mol. The molecule has 0 saturated carbocycles. The number of piperidine rings is 1. The Balaban J connectivity index is 1.61. The van der Waals surface area contributed by atoms with E-state index in [2.05, 4.69) is 4.98 Å². The van der Waals surface area contributed by atoms with Crippen LogP contribution >= 0.6 is 0 Å². The van der Waals surface area contributed by atoms with Crippen LogP contribution < -0.4 is 4.74 Å². The van der Waals surface area contributed by atoms with Crippen molar-refractivity contribution >= 4 is 11.7 Å². The maximum atomic E-state index is 12.6. The number of carbonyl (C=O) groups excluding carboxylic acids is 2. The number of ether oxygens (including phenoxy) is 1. The number of pyridine rings is 1. The zero-order valence-corrected chi connectivity index (χ0v) is 14.6. The molecule has 2 aromatic rings. The lowest BCUT2D eigenvalue weighted by atomic mass is 9.88. The molecule has 0 unspecified atom stereocenters. The molecule has 1 amide bonds. The van der Waals surface area contributed by atoms with Crippen LogP contribution in [0.15, 0.2) is 42.5 Å². The first-order valence-corrected chi connectivity index (χ1v) is 8.49. The fraction of sp³-hybridized carbons (Fsp3) is 0.350. The van der Waals surface area contributed by atoms with E-state index < -0.39 is 0 Å². The maximum Gasteiger partial charge on any atom is 0.272 e. The average Bonchev–Trinajstić information content (AvgIpc) is 2.67. The zero-order valence-electron chi connectivity index (χ0n) is 14.6. The van der Waals surface area contributed by atoms with Crippen LogP contribution in [-0.4, -0.2) is 41.8 Å². The van der Waals surface area contributed by atoms with E-state index in [0.717, 1.165) is 11.4 Å². The molecule has 25 heavy (non-hydrogen) atoms. The summed E-state index contributed by atoms with van der Waals surface area (Å²) in [7, 11) is 1.60. The van der Waals surface area contributed by atoms with E-state index in [0.29, 0.717) is 37.2 Å². The second-order valence-corrected chi connectivity index (χ2v) is 6.32. The normalized spacial score (nSPS) is 15.0. The Labute approximate surface area is 147 Å². The van der Waals surface area contributed by atoms with Gasteiger partial charge < -0.3 is 9.64 Å². The third kappa shape index (κ3) is 3.87. The number of methoxy groups -OCH3 is 1. The predicted molar refractivity (Wildman–Crippen MR) is 94.9 cm³/mol. The lowest BCUT2D eigenvalue weighted by Gasteiger charge is -2.31. The lowest BCUT2D eigenvalue weighted by molar-refractivity contribution is 0.0645. The Hall–Kier alpha value is -2.69. The van der Waals surface area contributed by atoms with E-state index in [-0.39, 0.29) is 17.6 Å². The van der Waals surface area contributed by atoms with E-state index in [4.69, 9.17) is 4.74 Å². The van der Waals surface area contributed by atoms with Crippen LogP contribution in [-0.2, 0) is 0 Å². The molecule has 1 fully saturated rings. The fourth-order valence-corrected chi connectivity index (χ4v) is 3.16. The van der Waals surface area contributed by atoms with Crippen LogP contribution in [0.2, 0.25) is 0 Å². The fourth-order valence-electron chi connectivity index (χ4n) is 3.16. The first-order valence-electron chi connectivity index (χ1n) is 8.49. The number of ketones is 1. The Kier molecular flexibility index (Phi) is 5.12. The Morgan fingerprint density at radius 1 is 1.08 bits per heavy atom. The monoisotopic (exact) mass is 338 g/mol. The highest BCUT2D eigenvalue weighted by atomic mass is 16.5. The topological polar surface area (TPSA) is 59.5 Å². The van der Waals surface area contributed by atoms with E-state index in [1.807, 2.05) is 19.1 Å². The quantitative estimate of drug-likeness (QED) is 0.804. The molecule has 0 radical (unpaired) electrons. The van der Waals surface area contributed by atoms with Gasteiger partial charge >= 0.3 is 0 Å². The largest absolute Gasteiger partial charge is 0.497 e. The summed E-state index contributed by atoms with van der Waals surface area (Å²) in [6.45, 7) is 3.04. The molecule has 1 saturated heterocycles. The van der Waals surface area contributed by atoms with Crippen molar-refractivity contribution in [2.45, 2.75) is 19.8 Å². The van der Waals surface area contributed by atoms with Gasteiger partial charge in [-0.2, -0.15) is 0 Å². The Bertz CT molecular complexity index is 763. The van der Waals surface area contributed by atoms with Crippen molar-refractivity contribution in [3.05, 3.63) is 59.4 Å². The summed E-state index contributed by atoms with van der Waals surface area (Å²) in [4.78, 5) is 31.3. The van der Waals surface area contributed by atoms with Gasteiger partial charge in [0.2, 0.25) is 0 Å². The number of hydrogen-bond acceptors (Lipinski definition) is 4. The van der Waals surface area contributed by atoms with Crippen molar-refractivity contribution < 1.29 is 14.3 Å². The molecule has 1 aliphatic heterocycles. The predicted octanol–water partition coefficient (Wildman–Crippen LogP) is 3.13. The van der Waals surface area contributed by atoms with Crippen molar-refractivity contribution in [3.8, 4) is 5.75 Å². The Morgan fingerprint density at radius 2 is 1.76 bits per heavy atom. The summed E-state index contributed by atoms with van der Waals surface area (Å²) in [5, 5.41) is 0. The number of rotatable bonds is 4. The number of aromatic nitrogens is 1. The first-order chi connectivity index (χ1) is 12.1. The number of amides is 1. The number of benzene rings is 1. The number of likely N-dealkylation sites (tertiary alicyclic amines) is 1. The van der Waals surface area contributed by atoms with Gasteiger partial charge in [0, 0.05) is 30.3 Å². The van der Waals surface area contributed by atoms with Crippen molar-refractivity contribution in [1.82, 2.24) is 9.88 Å². The standard InChI is InChI=1S/C20H22N2O3/c1-14-4-3-5-18(21-14)20(24)22-12-10-16(11-13-22)19(23)15-6-8-17(25-2)9-7-15/h3-9,16H,10-13H2,1-2H3. The van der Waals surface area contributed by atoms with Gasteiger partial charge in [-0.1, -0.05) is 6.07 Å². The average molecular weight is 338 g/mol. The molecule has 1 aromatic heterocycles. The number of aryl methyl sites for hydroxylation is 1. The van der Waals surface area contributed by atoms with Crippen molar-refractivity contribution in [3.63, 3.8) is 0 Å². The molecule has 0 atom stereocenters. The molecule has 130 valence electrons. The van der Waals surface area contributed by atoms with Crippen LogP contribution in [0.25, 0.3) is 0 Å². The summed E-state index contributed by atoms with van der Waals surface area (Å²) >= 11 is 0. The van der Waals surface area contributed by atoms with Crippen molar-refractivity contribution in [1.29, 1.82) is 0 Å². The number of nitrogens with zero attached hydrogens (tertiary/aromatic N) is 2. The molecule has 3 rings (SSSR count). The molecule has 0 aliphatic carbocycles. The summed E-state index contributed by atoms with van der Waals surface area (Å²) in [6.07, 6.45) is 1.37. The SMILES string of the molecule is COc1ccc(C(=O)C2CCN(C(=O)c3cccc(C)n3)CC2)cc1. The van der Waals surface area contributed by atoms with Crippen LogP contribution in [0, 0.1) is 12.8 Å². The highest BCUT2D eigenvalue weighted by Crippen LogP contribution is 2.24. The number of Topliss-reactive ketones (excluding diaryl/α,β-unsaturated/α-hetero) is 1. The first kappa shape index (κ1) is 17.1. The highest BCUT2D eigenvalue weighted by molar-refractivity contribution is 5.98. The molecule has 0 N–H and O–H groups in total. The minimum Gasteiger partial charge on any atom is -0.497 e. The van der Waals surface area contributed by atoms with Gasteiger partial charge in [-0.3, -0.25) is 9.59 Å². The van der Waals surface area contributed by atoms with E-state index in [9.17, 15) is 9.59 Å². The molecule has 1 aromatic carbocycles. The van der Waals surface area contributed by atoms with Gasteiger partial charge in [0.15, 0.2) is 5.78 Å². The molecule has 5 nitrogen and oxygen atoms in total. The molecule has 2 heterocycles. The van der Waals surface area contributed by atoms with Gasteiger partial charge in [-0.15, -0.1) is 0 Å². The van der Waals surface area contributed by atoms with Gasteiger partial charge in [0.1, 0.15) is 11.4 Å². The van der Waals surface area contributed by atoms with E-state index in [1.54, 1.807) is 42.3 Å².